The number of halogens is 1. The fourth-order valence-electron chi connectivity index (χ4n) is 2.37. The molecule has 21 heavy (non-hydrogen) atoms. The van der Waals surface area contributed by atoms with E-state index in [1.54, 1.807) is 24.4 Å². The molecule has 0 spiro atoms. The normalized spacial score (nSPS) is 14.8. The maximum atomic E-state index is 13.8. The van der Waals surface area contributed by atoms with Gasteiger partial charge in [-0.2, -0.15) is 5.10 Å². The Bertz CT molecular complexity index is 661. The highest BCUT2D eigenvalue weighted by Gasteiger charge is 2.36. The van der Waals surface area contributed by atoms with Crippen LogP contribution in [0.1, 0.15) is 18.4 Å². The van der Waals surface area contributed by atoms with Crippen LogP contribution in [0.4, 0.5) is 10.1 Å². The zero-order valence-corrected chi connectivity index (χ0v) is 11.3. The number of hydrogen-bond donors (Lipinski definition) is 1. The summed E-state index contributed by atoms with van der Waals surface area (Å²) in [5, 5.41) is 6.47. The van der Waals surface area contributed by atoms with Crippen LogP contribution in [0.25, 0.3) is 0 Å². The third kappa shape index (κ3) is 2.69. The Morgan fingerprint density at radius 1 is 1.38 bits per heavy atom. The number of H-pyrrole nitrogens is 1. The SMILES string of the molecule is O=C1CC(C(=O)N(Cc2ccccc2F)c2cn[nH]c2)C1. The molecule has 6 heteroatoms. The molecule has 1 N–H and O–H groups in total. The summed E-state index contributed by atoms with van der Waals surface area (Å²) in [4.78, 5) is 25.1. The summed E-state index contributed by atoms with van der Waals surface area (Å²) < 4.78 is 13.8. The van der Waals surface area contributed by atoms with E-state index >= 15 is 0 Å². The first kappa shape index (κ1) is 13.5. The van der Waals surface area contributed by atoms with Gasteiger partial charge in [0.25, 0.3) is 0 Å². The molecule has 1 aliphatic rings. The molecule has 3 rings (SSSR count). The number of aromatic amines is 1. The lowest BCUT2D eigenvalue weighted by Crippen LogP contribution is -2.42. The molecule has 5 nitrogen and oxygen atoms in total. The van der Waals surface area contributed by atoms with Crippen molar-refractivity contribution in [3.63, 3.8) is 0 Å². The molecular formula is C15H14FN3O2. The van der Waals surface area contributed by atoms with Crippen molar-refractivity contribution in [2.24, 2.45) is 5.92 Å². The fraction of sp³-hybridized carbons (Fsp3) is 0.267. The van der Waals surface area contributed by atoms with E-state index in [9.17, 15) is 14.0 Å². The summed E-state index contributed by atoms with van der Waals surface area (Å²) in [6.07, 6.45) is 3.63. The topological polar surface area (TPSA) is 66.1 Å². The minimum absolute atomic E-state index is 0.0892. The first-order valence-corrected chi connectivity index (χ1v) is 6.70. The molecule has 1 aromatic heterocycles. The molecule has 0 radical (unpaired) electrons. The summed E-state index contributed by atoms with van der Waals surface area (Å²) >= 11 is 0. The average Bonchev–Trinajstić information content (AvgIpc) is 2.96. The predicted molar refractivity (Wildman–Crippen MR) is 73.9 cm³/mol. The van der Waals surface area contributed by atoms with Crippen LogP contribution >= 0.6 is 0 Å². The van der Waals surface area contributed by atoms with Crippen LogP contribution in [0, 0.1) is 11.7 Å². The van der Waals surface area contributed by atoms with E-state index in [0.29, 0.717) is 11.3 Å². The quantitative estimate of drug-likeness (QED) is 0.936. The minimum Gasteiger partial charge on any atom is -0.305 e. The summed E-state index contributed by atoms with van der Waals surface area (Å²) in [6, 6.07) is 6.33. The van der Waals surface area contributed by atoms with Gasteiger partial charge in [-0.05, 0) is 6.07 Å². The Kier molecular flexibility index (Phi) is 3.51. The molecule has 1 heterocycles. The van der Waals surface area contributed by atoms with Crippen molar-refractivity contribution in [3.05, 3.63) is 48.0 Å². The number of aromatic nitrogens is 2. The maximum absolute atomic E-state index is 13.8. The molecule has 2 aromatic rings. The highest BCUT2D eigenvalue weighted by molar-refractivity contribution is 6.03. The molecule has 0 unspecified atom stereocenters. The number of amides is 1. The van der Waals surface area contributed by atoms with Gasteiger partial charge in [-0.15, -0.1) is 0 Å². The molecule has 108 valence electrons. The number of Topliss-reactive ketones (excluding diaryl/α,β-unsaturated/α-hetero) is 1. The van der Waals surface area contributed by atoms with E-state index in [1.165, 1.54) is 17.2 Å². The first-order chi connectivity index (χ1) is 10.1. The van der Waals surface area contributed by atoms with Gasteiger partial charge in [-0.1, -0.05) is 18.2 Å². The summed E-state index contributed by atoms with van der Waals surface area (Å²) in [5.41, 5.74) is 1.00. The third-order valence-corrected chi connectivity index (χ3v) is 3.65. The van der Waals surface area contributed by atoms with Gasteiger partial charge in [0.15, 0.2) is 0 Å². The average molecular weight is 287 g/mol. The minimum atomic E-state index is -0.358. The van der Waals surface area contributed by atoms with Gasteiger partial charge in [-0.25, -0.2) is 4.39 Å². The predicted octanol–water partition coefficient (Wildman–Crippen LogP) is 2.06. The zero-order chi connectivity index (χ0) is 14.8. The van der Waals surface area contributed by atoms with Gasteiger partial charge in [0, 0.05) is 24.6 Å². The number of ketones is 1. The second-order valence-electron chi connectivity index (χ2n) is 5.12. The van der Waals surface area contributed by atoms with Crippen LogP contribution in [-0.2, 0) is 16.1 Å². The number of carbonyl (C=O) groups is 2. The maximum Gasteiger partial charge on any atom is 0.231 e. The fourth-order valence-corrected chi connectivity index (χ4v) is 2.37. The van der Waals surface area contributed by atoms with E-state index < -0.39 is 0 Å². The second-order valence-corrected chi connectivity index (χ2v) is 5.12. The standard InChI is InChI=1S/C15H14FN3O2/c16-14-4-2-1-3-10(14)9-19(12-7-17-18-8-12)15(21)11-5-13(20)6-11/h1-4,7-8,11H,5-6,9H2,(H,17,18). The largest absolute Gasteiger partial charge is 0.305 e. The van der Waals surface area contributed by atoms with E-state index in [-0.39, 0.29) is 42.8 Å². The van der Waals surface area contributed by atoms with Crippen molar-refractivity contribution in [2.75, 3.05) is 4.90 Å². The molecule has 0 bridgehead atoms. The van der Waals surface area contributed by atoms with Crippen LogP contribution in [0.2, 0.25) is 0 Å². The van der Waals surface area contributed by atoms with E-state index in [1.807, 2.05) is 0 Å². The monoisotopic (exact) mass is 287 g/mol. The van der Waals surface area contributed by atoms with Gasteiger partial charge in [0.05, 0.1) is 24.3 Å². The second kappa shape index (κ2) is 5.47. The van der Waals surface area contributed by atoms with Gasteiger partial charge < -0.3 is 4.90 Å². The Balaban J connectivity index is 1.85. The van der Waals surface area contributed by atoms with Crippen LogP contribution in [0.15, 0.2) is 36.7 Å². The number of benzene rings is 1. The highest BCUT2D eigenvalue weighted by Crippen LogP contribution is 2.28. The van der Waals surface area contributed by atoms with Crippen molar-refractivity contribution < 1.29 is 14.0 Å². The van der Waals surface area contributed by atoms with Crippen molar-refractivity contribution in [1.82, 2.24) is 10.2 Å². The number of rotatable bonds is 4. The van der Waals surface area contributed by atoms with Gasteiger partial charge >= 0.3 is 0 Å². The number of hydrogen-bond acceptors (Lipinski definition) is 3. The Labute approximate surface area is 120 Å². The lowest BCUT2D eigenvalue weighted by atomic mass is 9.83. The Hall–Kier alpha value is -2.50. The zero-order valence-electron chi connectivity index (χ0n) is 11.3. The van der Waals surface area contributed by atoms with E-state index in [4.69, 9.17) is 0 Å². The lowest BCUT2D eigenvalue weighted by Gasteiger charge is -2.30. The van der Waals surface area contributed by atoms with Gasteiger partial charge in [0.2, 0.25) is 5.91 Å². The Morgan fingerprint density at radius 3 is 2.76 bits per heavy atom. The number of nitrogens with zero attached hydrogens (tertiary/aromatic N) is 2. The summed E-state index contributed by atoms with van der Waals surface area (Å²) in [7, 11) is 0. The molecule has 1 fully saturated rings. The molecule has 1 amide bonds. The van der Waals surface area contributed by atoms with Crippen LogP contribution in [0.3, 0.4) is 0 Å². The summed E-state index contributed by atoms with van der Waals surface area (Å²) in [5.74, 6) is -0.742. The smallest absolute Gasteiger partial charge is 0.231 e. The van der Waals surface area contributed by atoms with Crippen molar-refractivity contribution in [3.8, 4) is 0 Å². The van der Waals surface area contributed by atoms with E-state index in [2.05, 4.69) is 10.2 Å². The first-order valence-electron chi connectivity index (χ1n) is 6.70. The number of carbonyl (C=O) groups excluding carboxylic acids is 2. The van der Waals surface area contributed by atoms with Crippen LogP contribution < -0.4 is 4.90 Å². The Morgan fingerprint density at radius 2 is 2.14 bits per heavy atom. The number of anilines is 1. The van der Waals surface area contributed by atoms with E-state index in [0.717, 1.165) is 0 Å². The summed E-state index contributed by atoms with van der Waals surface area (Å²) in [6.45, 7) is 0.121. The van der Waals surface area contributed by atoms with Crippen molar-refractivity contribution in [2.45, 2.75) is 19.4 Å². The highest BCUT2D eigenvalue weighted by atomic mass is 19.1. The van der Waals surface area contributed by atoms with Gasteiger partial charge in [0.1, 0.15) is 11.6 Å². The lowest BCUT2D eigenvalue weighted by molar-refractivity contribution is -0.136. The molecule has 1 aliphatic carbocycles. The van der Waals surface area contributed by atoms with Crippen LogP contribution in [0.5, 0.6) is 0 Å². The molecule has 0 aliphatic heterocycles. The van der Waals surface area contributed by atoms with Crippen molar-refractivity contribution in [1.29, 1.82) is 0 Å². The number of nitrogens with one attached hydrogen (secondary N) is 1. The van der Waals surface area contributed by atoms with Crippen LogP contribution in [-0.4, -0.2) is 21.9 Å². The molecule has 0 saturated heterocycles. The molecular weight excluding hydrogens is 273 g/mol. The van der Waals surface area contributed by atoms with Crippen molar-refractivity contribution >= 4 is 17.4 Å². The third-order valence-electron chi connectivity index (χ3n) is 3.65. The molecule has 1 aromatic carbocycles. The van der Waals surface area contributed by atoms with Gasteiger partial charge in [-0.3, -0.25) is 14.7 Å². The molecule has 0 atom stereocenters. The molecule has 1 saturated carbocycles.